The molecule has 0 saturated carbocycles. The third-order valence-corrected chi connectivity index (χ3v) is 3.45. The van der Waals surface area contributed by atoms with Gasteiger partial charge < -0.3 is 10.6 Å². The van der Waals surface area contributed by atoms with Gasteiger partial charge in [-0.05, 0) is 37.3 Å². The summed E-state index contributed by atoms with van der Waals surface area (Å²) in [6.07, 6.45) is 0. The lowest BCUT2D eigenvalue weighted by Crippen LogP contribution is -2.27. The lowest BCUT2D eigenvalue weighted by atomic mass is 10.3. The predicted molar refractivity (Wildman–Crippen MR) is 80.3 cm³/mol. The van der Waals surface area contributed by atoms with Crippen molar-refractivity contribution < 1.29 is 9.18 Å². The van der Waals surface area contributed by atoms with Crippen molar-refractivity contribution in [2.45, 2.75) is 6.92 Å². The van der Waals surface area contributed by atoms with Gasteiger partial charge in [-0.2, -0.15) is 0 Å². The summed E-state index contributed by atoms with van der Waals surface area (Å²) in [5.74, 6) is -0.780. The van der Waals surface area contributed by atoms with Gasteiger partial charge in [0.1, 0.15) is 5.82 Å². The molecule has 0 spiro atoms. The lowest BCUT2D eigenvalue weighted by Gasteiger charge is -2.07. The quantitative estimate of drug-likeness (QED) is 0.832. The van der Waals surface area contributed by atoms with E-state index in [0.29, 0.717) is 5.69 Å². The van der Waals surface area contributed by atoms with Crippen molar-refractivity contribution in [2.24, 2.45) is 0 Å². The van der Waals surface area contributed by atoms with Crippen LogP contribution in [0.25, 0.3) is 0 Å². The zero-order chi connectivity index (χ0) is 13.8. The van der Waals surface area contributed by atoms with Gasteiger partial charge in [0.15, 0.2) is 4.99 Å². The number of rotatable bonds is 2. The first-order valence-corrected chi connectivity index (χ1v) is 6.76. The Balaban J connectivity index is 1.96. The maximum atomic E-state index is 12.7. The molecule has 0 fully saturated rings. The number of carbonyl (C=O) groups excluding carboxylic acids is 1. The van der Waals surface area contributed by atoms with E-state index in [2.05, 4.69) is 10.6 Å². The molecule has 1 aromatic heterocycles. The molecule has 2 N–H and O–H groups in total. The van der Waals surface area contributed by atoms with Gasteiger partial charge in [-0.15, -0.1) is 11.3 Å². The lowest BCUT2D eigenvalue weighted by molar-refractivity contribution is -0.110. The molecule has 1 amide bonds. The number of thiocarbonyl (C=S) groups is 1. The molecule has 0 aliphatic heterocycles. The van der Waals surface area contributed by atoms with Gasteiger partial charge in [-0.1, -0.05) is 12.2 Å². The molecule has 98 valence electrons. The van der Waals surface area contributed by atoms with Crippen molar-refractivity contribution in [3.8, 4) is 0 Å². The molecule has 0 aliphatic rings. The zero-order valence-corrected chi connectivity index (χ0v) is 11.7. The minimum absolute atomic E-state index is 0.0714. The second-order valence-corrected chi connectivity index (χ2v) is 5.38. The Labute approximate surface area is 119 Å². The maximum absolute atomic E-state index is 12.7. The third-order valence-electron chi connectivity index (χ3n) is 2.30. The number of benzene rings is 1. The summed E-state index contributed by atoms with van der Waals surface area (Å²) in [6.45, 7) is 1.97. The van der Waals surface area contributed by atoms with Crippen LogP contribution in [0.4, 0.5) is 15.8 Å². The molecule has 2 aromatic rings. The first-order valence-electron chi connectivity index (χ1n) is 5.47. The molecule has 0 radical (unpaired) electrons. The summed E-state index contributed by atoms with van der Waals surface area (Å²) >= 11 is 6.57. The molecule has 0 saturated heterocycles. The molecule has 19 heavy (non-hydrogen) atoms. The van der Waals surface area contributed by atoms with Gasteiger partial charge in [0.05, 0.1) is 5.69 Å². The number of amides is 1. The van der Waals surface area contributed by atoms with Crippen LogP contribution in [0.1, 0.15) is 4.88 Å². The highest BCUT2D eigenvalue weighted by molar-refractivity contribution is 7.82. The van der Waals surface area contributed by atoms with Gasteiger partial charge in [0.2, 0.25) is 0 Å². The van der Waals surface area contributed by atoms with Crippen molar-refractivity contribution in [2.75, 3.05) is 10.6 Å². The fourth-order valence-corrected chi connectivity index (χ4v) is 2.22. The second-order valence-electron chi connectivity index (χ2n) is 3.86. The summed E-state index contributed by atoms with van der Waals surface area (Å²) < 4.78 is 12.7. The number of thiophene rings is 1. The Morgan fingerprint density at radius 2 is 1.89 bits per heavy atom. The van der Waals surface area contributed by atoms with Gasteiger partial charge in [-0.25, -0.2) is 4.39 Å². The Bertz CT molecular complexity index is 607. The number of carbonyl (C=O) groups is 1. The molecular formula is C13H11FN2OS2. The number of aryl methyl sites for hydroxylation is 1. The highest BCUT2D eigenvalue weighted by Crippen LogP contribution is 2.18. The average Bonchev–Trinajstić information content (AvgIpc) is 2.77. The highest BCUT2D eigenvalue weighted by Gasteiger charge is 2.10. The number of halogens is 1. The molecule has 0 unspecified atom stereocenters. The van der Waals surface area contributed by atoms with Gasteiger partial charge in [-0.3, -0.25) is 4.79 Å². The van der Waals surface area contributed by atoms with Crippen LogP contribution in [-0.4, -0.2) is 10.9 Å². The number of anilines is 2. The van der Waals surface area contributed by atoms with Crippen molar-refractivity contribution in [1.82, 2.24) is 0 Å². The van der Waals surface area contributed by atoms with E-state index in [1.165, 1.54) is 24.3 Å². The summed E-state index contributed by atoms with van der Waals surface area (Å²) in [4.78, 5) is 13.0. The topological polar surface area (TPSA) is 41.1 Å². The van der Waals surface area contributed by atoms with Crippen molar-refractivity contribution in [1.29, 1.82) is 0 Å². The summed E-state index contributed by atoms with van der Waals surface area (Å²) in [5, 5.41) is 7.32. The molecule has 0 bridgehead atoms. The van der Waals surface area contributed by atoms with E-state index in [0.717, 1.165) is 10.6 Å². The standard InChI is InChI=1S/C13H11FN2OS2/c1-8-6-11(7-19-8)16-13(18)12(17)15-10-4-2-9(14)3-5-10/h2-7H,1H3,(H,15,17)(H,16,18). The first kappa shape index (κ1) is 13.6. The molecule has 1 aromatic carbocycles. The first-order chi connectivity index (χ1) is 9.04. The van der Waals surface area contributed by atoms with Crippen molar-refractivity contribution in [3.05, 3.63) is 46.4 Å². The van der Waals surface area contributed by atoms with E-state index in [1.54, 1.807) is 11.3 Å². The molecular weight excluding hydrogens is 283 g/mol. The van der Waals surface area contributed by atoms with Gasteiger partial charge >= 0.3 is 0 Å². The van der Waals surface area contributed by atoms with Crippen molar-refractivity contribution in [3.63, 3.8) is 0 Å². The SMILES string of the molecule is Cc1cc(NC(=S)C(=O)Nc2ccc(F)cc2)cs1. The molecule has 6 heteroatoms. The average molecular weight is 294 g/mol. The van der Waals surface area contributed by atoms with Crippen LogP contribution in [0.5, 0.6) is 0 Å². The number of hydrogen-bond donors (Lipinski definition) is 2. The third kappa shape index (κ3) is 3.84. The van der Waals surface area contributed by atoms with Crippen LogP contribution < -0.4 is 10.6 Å². The largest absolute Gasteiger partial charge is 0.341 e. The summed E-state index contributed by atoms with van der Waals surface area (Å²) in [7, 11) is 0. The maximum Gasteiger partial charge on any atom is 0.283 e. The number of hydrogen-bond acceptors (Lipinski definition) is 3. The fourth-order valence-electron chi connectivity index (χ4n) is 1.42. The van der Waals surface area contributed by atoms with Crippen LogP contribution in [0, 0.1) is 12.7 Å². The molecule has 0 atom stereocenters. The normalized spacial score (nSPS) is 10.0. The zero-order valence-electron chi connectivity index (χ0n) is 10.1. The molecule has 0 aliphatic carbocycles. The summed E-state index contributed by atoms with van der Waals surface area (Å²) in [6, 6.07) is 7.40. The van der Waals surface area contributed by atoms with Crippen LogP contribution in [0.3, 0.4) is 0 Å². The minimum Gasteiger partial charge on any atom is -0.341 e. The van der Waals surface area contributed by atoms with Crippen LogP contribution >= 0.6 is 23.6 Å². The fraction of sp³-hybridized carbons (Fsp3) is 0.0769. The van der Waals surface area contributed by atoms with Gasteiger partial charge in [0, 0.05) is 15.9 Å². The Kier molecular flexibility index (Phi) is 4.24. The Morgan fingerprint density at radius 1 is 1.21 bits per heavy atom. The Hall–Kier alpha value is -1.79. The molecule has 2 rings (SSSR count). The van der Waals surface area contributed by atoms with Crippen LogP contribution in [0.15, 0.2) is 35.7 Å². The molecule has 3 nitrogen and oxygen atoms in total. The van der Waals surface area contributed by atoms with E-state index in [4.69, 9.17) is 12.2 Å². The van der Waals surface area contributed by atoms with E-state index < -0.39 is 5.91 Å². The van der Waals surface area contributed by atoms with E-state index in [9.17, 15) is 9.18 Å². The minimum atomic E-state index is -0.425. The van der Waals surface area contributed by atoms with Crippen molar-refractivity contribution >= 4 is 45.8 Å². The van der Waals surface area contributed by atoms with E-state index >= 15 is 0 Å². The highest BCUT2D eigenvalue weighted by atomic mass is 32.1. The Morgan fingerprint density at radius 3 is 2.47 bits per heavy atom. The molecule has 1 heterocycles. The van der Waals surface area contributed by atoms with Crippen LogP contribution in [-0.2, 0) is 4.79 Å². The monoisotopic (exact) mass is 294 g/mol. The summed E-state index contributed by atoms with van der Waals surface area (Å²) in [5.41, 5.74) is 1.29. The number of nitrogens with one attached hydrogen (secondary N) is 2. The second kappa shape index (κ2) is 5.90. The predicted octanol–water partition coefficient (Wildman–Crippen LogP) is 3.57. The smallest absolute Gasteiger partial charge is 0.283 e. The van der Waals surface area contributed by atoms with E-state index in [1.807, 2.05) is 18.4 Å². The van der Waals surface area contributed by atoms with Crippen LogP contribution in [0.2, 0.25) is 0 Å². The van der Waals surface area contributed by atoms with Gasteiger partial charge in [0.25, 0.3) is 5.91 Å². The van der Waals surface area contributed by atoms with E-state index in [-0.39, 0.29) is 10.8 Å².